The Balaban J connectivity index is 1.35. The molecule has 3 aromatic rings. The van der Waals surface area contributed by atoms with Gasteiger partial charge in [0.2, 0.25) is 0 Å². The molecule has 1 saturated carbocycles. The number of halogens is 1. The first kappa shape index (κ1) is 23.1. The summed E-state index contributed by atoms with van der Waals surface area (Å²) >= 11 is 6.41. The van der Waals surface area contributed by atoms with E-state index >= 15 is 0 Å². The van der Waals surface area contributed by atoms with Crippen LogP contribution in [0.5, 0.6) is 0 Å². The molecule has 1 aliphatic heterocycles. The number of carbonyl (C=O) groups is 1. The molecule has 2 aromatic carbocycles. The number of rotatable bonds is 8. The molecule has 0 radical (unpaired) electrons. The molecule has 0 spiro atoms. The lowest BCUT2D eigenvalue weighted by atomic mass is 9.84. The van der Waals surface area contributed by atoms with Crippen molar-refractivity contribution in [3.63, 3.8) is 0 Å². The van der Waals surface area contributed by atoms with Gasteiger partial charge < -0.3 is 4.90 Å². The van der Waals surface area contributed by atoms with Crippen molar-refractivity contribution < 1.29 is 4.79 Å². The molecule has 1 aromatic heterocycles. The minimum atomic E-state index is 0.0857. The van der Waals surface area contributed by atoms with Gasteiger partial charge in [-0.15, -0.1) is 0 Å². The molecule has 2 aliphatic rings. The summed E-state index contributed by atoms with van der Waals surface area (Å²) in [4.78, 5) is 22.8. The molecule has 2 heterocycles. The summed E-state index contributed by atoms with van der Waals surface area (Å²) < 4.78 is 0. The molecule has 176 valence electrons. The zero-order valence-electron chi connectivity index (χ0n) is 19.5. The highest BCUT2D eigenvalue weighted by atomic mass is 35.5. The number of likely N-dealkylation sites (tertiary alicyclic amines) is 1. The van der Waals surface area contributed by atoms with Gasteiger partial charge in [-0.25, -0.2) is 0 Å². The highest BCUT2D eigenvalue weighted by Gasteiger charge is 2.42. The molecule has 1 amide bonds. The van der Waals surface area contributed by atoms with Gasteiger partial charge in [0.25, 0.3) is 5.91 Å². The van der Waals surface area contributed by atoms with Crippen LogP contribution in [0.4, 0.5) is 0 Å². The van der Waals surface area contributed by atoms with Gasteiger partial charge in [-0.05, 0) is 80.4 Å². The fraction of sp³-hybridized carbons (Fsp3) is 0.379. The zero-order valence-corrected chi connectivity index (χ0v) is 20.3. The second-order valence-electron chi connectivity index (χ2n) is 9.62. The van der Waals surface area contributed by atoms with Gasteiger partial charge in [-0.1, -0.05) is 66.2 Å². The maximum Gasteiger partial charge on any atom is 0.272 e. The van der Waals surface area contributed by atoms with Gasteiger partial charge >= 0.3 is 0 Å². The van der Waals surface area contributed by atoms with E-state index in [-0.39, 0.29) is 11.9 Å². The van der Waals surface area contributed by atoms with Crippen molar-refractivity contribution in [2.75, 3.05) is 13.1 Å². The third kappa shape index (κ3) is 5.51. The van der Waals surface area contributed by atoms with E-state index in [4.69, 9.17) is 11.6 Å². The summed E-state index contributed by atoms with van der Waals surface area (Å²) in [6, 6.07) is 24.9. The fourth-order valence-corrected chi connectivity index (χ4v) is 5.47. The monoisotopic (exact) mass is 473 g/mol. The number of amides is 1. The van der Waals surface area contributed by atoms with E-state index in [1.165, 1.54) is 11.1 Å². The Morgan fingerprint density at radius 1 is 0.941 bits per heavy atom. The van der Waals surface area contributed by atoms with Gasteiger partial charge in [-0.3, -0.25) is 14.7 Å². The first-order valence-corrected chi connectivity index (χ1v) is 12.8. The standard InChI is InChI=1S/C29H32ClN3O/c30-26-11-5-4-10-24(26)21-32-18-15-23(16-19-32)28(20-22-8-2-1-3-9-22)33(25-13-14-25)29(34)27-12-6-7-17-31-27/h1-12,17,23,25,28H,13-16,18-21H2/t28-/m1/s1. The predicted octanol–water partition coefficient (Wildman–Crippen LogP) is 5.86. The minimum absolute atomic E-state index is 0.0857. The van der Waals surface area contributed by atoms with Crippen LogP contribution in [0.15, 0.2) is 79.0 Å². The second kappa shape index (κ2) is 10.7. The van der Waals surface area contributed by atoms with Gasteiger partial charge in [0.1, 0.15) is 5.69 Å². The van der Waals surface area contributed by atoms with Crippen LogP contribution in [0.2, 0.25) is 5.02 Å². The van der Waals surface area contributed by atoms with Crippen LogP contribution in [-0.4, -0.2) is 45.9 Å². The third-order valence-electron chi connectivity index (χ3n) is 7.23. The van der Waals surface area contributed by atoms with E-state index < -0.39 is 0 Å². The SMILES string of the molecule is O=C(c1ccccn1)N(C1CC1)[C@H](Cc1ccccc1)C1CCN(Cc2ccccc2Cl)CC1. The molecule has 5 heteroatoms. The Morgan fingerprint density at radius 2 is 1.65 bits per heavy atom. The van der Waals surface area contributed by atoms with Crippen LogP contribution >= 0.6 is 11.6 Å². The Morgan fingerprint density at radius 3 is 2.32 bits per heavy atom. The van der Waals surface area contributed by atoms with Crippen LogP contribution in [0.25, 0.3) is 0 Å². The van der Waals surface area contributed by atoms with E-state index in [1.807, 2.05) is 30.3 Å². The molecule has 1 aliphatic carbocycles. The van der Waals surface area contributed by atoms with E-state index in [2.05, 4.69) is 57.2 Å². The molecule has 1 atom stereocenters. The molecule has 34 heavy (non-hydrogen) atoms. The van der Waals surface area contributed by atoms with Crippen molar-refractivity contribution in [3.05, 3.63) is 101 Å². The first-order valence-electron chi connectivity index (χ1n) is 12.4. The summed E-state index contributed by atoms with van der Waals surface area (Å²) in [5.74, 6) is 0.554. The lowest BCUT2D eigenvalue weighted by Gasteiger charge is -2.42. The number of hydrogen-bond donors (Lipinski definition) is 0. The zero-order chi connectivity index (χ0) is 23.3. The van der Waals surface area contributed by atoms with Crippen molar-refractivity contribution in [3.8, 4) is 0 Å². The quantitative estimate of drug-likeness (QED) is 0.411. The third-order valence-corrected chi connectivity index (χ3v) is 7.60. The number of pyridine rings is 1. The lowest BCUT2D eigenvalue weighted by molar-refractivity contribution is 0.0477. The molecule has 0 bridgehead atoms. The molecular formula is C29H32ClN3O. The molecule has 1 saturated heterocycles. The molecule has 2 fully saturated rings. The Hall–Kier alpha value is -2.69. The van der Waals surface area contributed by atoms with Crippen molar-refractivity contribution in [1.82, 2.24) is 14.8 Å². The number of benzene rings is 2. The summed E-state index contributed by atoms with van der Waals surface area (Å²) in [6.07, 6.45) is 6.97. The average Bonchev–Trinajstić information content (AvgIpc) is 3.72. The maximum atomic E-state index is 13.7. The van der Waals surface area contributed by atoms with Crippen LogP contribution in [0.3, 0.4) is 0 Å². The maximum absolute atomic E-state index is 13.7. The Bertz CT molecular complexity index is 1080. The largest absolute Gasteiger partial charge is 0.331 e. The Labute approximate surface area is 207 Å². The lowest BCUT2D eigenvalue weighted by Crippen LogP contribution is -2.50. The predicted molar refractivity (Wildman–Crippen MR) is 137 cm³/mol. The molecule has 0 unspecified atom stereocenters. The molecule has 4 nitrogen and oxygen atoms in total. The highest BCUT2D eigenvalue weighted by Crippen LogP contribution is 2.36. The summed E-state index contributed by atoms with van der Waals surface area (Å²) in [5.41, 5.74) is 3.04. The van der Waals surface area contributed by atoms with Crippen molar-refractivity contribution in [2.45, 2.75) is 50.7 Å². The smallest absolute Gasteiger partial charge is 0.272 e. The van der Waals surface area contributed by atoms with E-state index in [0.29, 0.717) is 17.7 Å². The molecular weight excluding hydrogens is 442 g/mol. The van der Waals surface area contributed by atoms with Gasteiger partial charge in [0.15, 0.2) is 0 Å². The van der Waals surface area contributed by atoms with Crippen LogP contribution < -0.4 is 0 Å². The molecule has 5 rings (SSSR count). The second-order valence-corrected chi connectivity index (χ2v) is 10.0. The summed E-state index contributed by atoms with van der Waals surface area (Å²) in [6.45, 7) is 2.93. The van der Waals surface area contributed by atoms with Crippen molar-refractivity contribution in [1.29, 1.82) is 0 Å². The minimum Gasteiger partial charge on any atom is -0.331 e. The Kier molecular flexibility index (Phi) is 7.27. The van der Waals surface area contributed by atoms with E-state index in [0.717, 1.165) is 56.8 Å². The van der Waals surface area contributed by atoms with Crippen molar-refractivity contribution >= 4 is 17.5 Å². The number of aromatic nitrogens is 1. The number of hydrogen-bond acceptors (Lipinski definition) is 3. The normalized spacial score (nSPS) is 17.9. The fourth-order valence-electron chi connectivity index (χ4n) is 5.27. The van der Waals surface area contributed by atoms with E-state index in [9.17, 15) is 4.79 Å². The number of nitrogens with zero attached hydrogens (tertiary/aromatic N) is 3. The van der Waals surface area contributed by atoms with Crippen LogP contribution in [0.1, 0.15) is 47.3 Å². The number of piperidine rings is 1. The van der Waals surface area contributed by atoms with Gasteiger partial charge in [0.05, 0.1) is 0 Å². The average molecular weight is 474 g/mol. The van der Waals surface area contributed by atoms with Gasteiger partial charge in [-0.2, -0.15) is 0 Å². The summed E-state index contributed by atoms with van der Waals surface area (Å²) in [7, 11) is 0. The van der Waals surface area contributed by atoms with E-state index in [1.54, 1.807) is 6.20 Å². The first-order chi connectivity index (χ1) is 16.7. The molecule has 0 N–H and O–H groups in total. The highest BCUT2D eigenvalue weighted by molar-refractivity contribution is 6.31. The summed E-state index contributed by atoms with van der Waals surface area (Å²) in [5, 5.41) is 0.840. The van der Waals surface area contributed by atoms with Gasteiger partial charge in [0, 0.05) is 29.8 Å². The van der Waals surface area contributed by atoms with Crippen LogP contribution in [0, 0.1) is 5.92 Å². The van der Waals surface area contributed by atoms with Crippen molar-refractivity contribution in [2.24, 2.45) is 5.92 Å². The topological polar surface area (TPSA) is 36.4 Å². The number of carbonyl (C=O) groups excluding carboxylic acids is 1. The van der Waals surface area contributed by atoms with Crippen LogP contribution in [-0.2, 0) is 13.0 Å².